The van der Waals surface area contributed by atoms with Crippen molar-refractivity contribution in [3.8, 4) is 0 Å². The number of urea groups is 1. The molecule has 0 heterocycles. The van der Waals surface area contributed by atoms with Gasteiger partial charge < -0.3 is 20.4 Å². The molecule has 0 aliphatic heterocycles. The summed E-state index contributed by atoms with van der Waals surface area (Å²) in [5.41, 5.74) is 1.80. The largest absolute Gasteiger partial charge is 0.393 e. The van der Waals surface area contributed by atoms with E-state index in [0.29, 0.717) is 44.2 Å². The molecule has 9 rings (SSSR count). The number of rotatable bonds is 8. The molecule has 5 saturated carbocycles. The molecule has 7 aliphatic rings. The second-order valence-electron chi connectivity index (χ2n) is 18.6. The molecule has 5 fully saturated rings. The fourth-order valence-electron chi connectivity index (χ4n) is 11.9. The molecule has 288 valence electrons. The Morgan fingerprint density at radius 1 is 1.02 bits per heavy atom. The third kappa shape index (κ3) is 7.87. The van der Waals surface area contributed by atoms with Gasteiger partial charge in [-0.25, -0.2) is 9.18 Å². The Bertz CT molecular complexity index is 1690. The fourth-order valence-corrected chi connectivity index (χ4v) is 12.2. The highest BCUT2D eigenvalue weighted by Gasteiger charge is 2.59. The maximum Gasteiger partial charge on any atom is 0.317 e. The quantitative estimate of drug-likeness (QED) is 0.186. The molecule has 7 aliphatic carbocycles. The summed E-state index contributed by atoms with van der Waals surface area (Å²) in [7, 11) is 0. The van der Waals surface area contributed by atoms with Crippen LogP contribution in [0.5, 0.6) is 0 Å². The molecule has 53 heavy (non-hydrogen) atoms. The second kappa shape index (κ2) is 15.1. The van der Waals surface area contributed by atoms with Crippen LogP contribution < -0.4 is 5.32 Å². The fraction of sp³-hybridized carbons (Fsp3) is 0.644. The van der Waals surface area contributed by atoms with Crippen molar-refractivity contribution in [2.75, 3.05) is 13.1 Å². The van der Waals surface area contributed by atoms with E-state index < -0.39 is 22.9 Å². The summed E-state index contributed by atoms with van der Waals surface area (Å²) in [5, 5.41) is 27.6. The van der Waals surface area contributed by atoms with Crippen LogP contribution in [0.1, 0.15) is 138 Å². The predicted octanol–water partition coefficient (Wildman–Crippen LogP) is 9.58. The van der Waals surface area contributed by atoms with Crippen molar-refractivity contribution in [1.29, 1.82) is 0 Å². The van der Waals surface area contributed by atoms with Crippen LogP contribution in [0, 0.1) is 34.4 Å². The molecule has 0 aromatic heterocycles. The van der Waals surface area contributed by atoms with E-state index in [2.05, 4.69) is 25.2 Å². The van der Waals surface area contributed by atoms with Gasteiger partial charge in [-0.3, -0.25) is 4.79 Å². The number of carbonyl (C=O) groups is 2. The summed E-state index contributed by atoms with van der Waals surface area (Å²) in [5.74, 6) is 1.32. The summed E-state index contributed by atoms with van der Waals surface area (Å²) in [6.45, 7) is 9.17. The topological polar surface area (TPSA) is 89.9 Å². The number of hydrogen-bond donors (Lipinski definition) is 3. The van der Waals surface area contributed by atoms with Gasteiger partial charge in [0, 0.05) is 40.6 Å². The average Bonchev–Trinajstić information content (AvgIpc) is 3.32. The lowest BCUT2D eigenvalue weighted by Crippen LogP contribution is -2.59. The lowest BCUT2D eigenvalue weighted by molar-refractivity contribution is -0.0985. The first-order valence-electron chi connectivity index (χ1n) is 20.4. The van der Waals surface area contributed by atoms with Gasteiger partial charge in [-0.2, -0.15) is 0 Å². The number of nitrogens with one attached hydrogen (secondary N) is 1. The number of hydrogen-bond acceptors (Lipinski definition) is 4. The minimum absolute atomic E-state index is 0.0288. The maximum absolute atomic E-state index is 15.0. The van der Waals surface area contributed by atoms with Crippen LogP contribution in [0.15, 0.2) is 48.0 Å². The predicted molar refractivity (Wildman–Crippen MR) is 209 cm³/mol. The zero-order chi connectivity index (χ0) is 37.7. The van der Waals surface area contributed by atoms with Crippen molar-refractivity contribution in [3.05, 3.63) is 81.1 Å². The normalized spacial score (nSPS) is 33.8. The molecule has 2 aromatic carbocycles. The van der Waals surface area contributed by atoms with E-state index in [9.17, 15) is 19.8 Å². The first-order chi connectivity index (χ1) is 25.2. The highest BCUT2D eigenvalue weighted by molar-refractivity contribution is 6.31. The van der Waals surface area contributed by atoms with Gasteiger partial charge in [0.1, 0.15) is 5.82 Å². The number of halogens is 2. The molecule has 0 spiro atoms. The Balaban J connectivity index is 1.27. The zero-order valence-electron chi connectivity index (χ0n) is 32.2. The van der Waals surface area contributed by atoms with Crippen molar-refractivity contribution in [2.45, 2.75) is 141 Å². The summed E-state index contributed by atoms with van der Waals surface area (Å²) >= 11 is 6.42. The van der Waals surface area contributed by atoms with E-state index in [4.69, 9.17) is 11.6 Å². The Morgan fingerprint density at radius 3 is 2.38 bits per heavy atom. The SMILES string of the molecule is CC1=CCC[C@@]2(C)[C@@H](CC[C@@]2(O)CN(CC23CC4CC(CC(C4)C2)C3)C(=O)NC(C)C)c2ccc(cc2C(=O)Cc2c(F)cccc2Cl)C[C@@H](O)CC1. The van der Waals surface area contributed by atoms with Crippen molar-refractivity contribution in [2.24, 2.45) is 28.6 Å². The van der Waals surface area contributed by atoms with E-state index in [0.717, 1.165) is 41.7 Å². The molecule has 2 aromatic rings. The number of benzene rings is 2. The van der Waals surface area contributed by atoms with E-state index in [1.165, 1.54) is 56.2 Å². The number of fused-ring (bicyclic) bond motifs is 8. The van der Waals surface area contributed by atoms with Gasteiger partial charge >= 0.3 is 6.03 Å². The minimum atomic E-state index is -1.21. The Morgan fingerprint density at radius 2 is 1.72 bits per heavy atom. The highest BCUT2D eigenvalue weighted by Crippen LogP contribution is 2.62. The van der Waals surface area contributed by atoms with Gasteiger partial charge in [0.2, 0.25) is 0 Å². The van der Waals surface area contributed by atoms with Crippen LogP contribution >= 0.6 is 11.6 Å². The molecular weight excluding hydrogens is 687 g/mol. The molecule has 0 saturated heterocycles. The van der Waals surface area contributed by atoms with Crippen molar-refractivity contribution >= 4 is 23.4 Å². The third-order valence-corrected chi connectivity index (χ3v) is 14.6. The van der Waals surface area contributed by atoms with Gasteiger partial charge in [-0.1, -0.05) is 48.4 Å². The van der Waals surface area contributed by atoms with Gasteiger partial charge in [0.15, 0.2) is 5.78 Å². The zero-order valence-corrected chi connectivity index (χ0v) is 33.0. The van der Waals surface area contributed by atoms with Crippen LogP contribution in [0.4, 0.5) is 9.18 Å². The number of ketones is 1. The standard InChI is InChI=1S/C45H60ClFN2O4/c1-28(2)48-42(52)49(26-44-23-31-17-32(24-44)19-33(18-31)25-44)27-45(53)16-14-38-35-13-11-30(20-34(50)12-10-29(3)7-6-15-43(38,45)4)21-36(35)41(51)22-37-39(46)8-5-9-40(37)47/h5,7-9,11,13,21,28,31-34,38,50,53H,6,10,12,14-20,22-27H2,1-4H3,(H,48,52)/t31?,32?,33?,34-,38-,43-,44?,45+/m0/s1. The molecular formula is C45H60ClFN2O4. The number of Topliss-reactive ketones (excluding diaryl/α,β-unsaturated/α-hetero) is 1. The molecule has 3 N–H and O–H groups in total. The van der Waals surface area contributed by atoms with Crippen LogP contribution in [-0.4, -0.2) is 57.8 Å². The number of aliphatic hydroxyl groups excluding tert-OH is 1. The molecule has 8 heteroatoms. The lowest BCUT2D eigenvalue weighted by Gasteiger charge is -2.58. The van der Waals surface area contributed by atoms with E-state index in [1.54, 1.807) is 6.07 Å². The van der Waals surface area contributed by atoms with Gasteiger partial charge in [0.25, 0.3) is 0 Å². The molecule has 0 unspecified atom stereocenters. The number of allylic oxidation sites excluding steroid dienone is 2. The van der Waals surface area contributed by atoms with Gasteiger partial charge in [-0.05, 0) is 163 Å². The Hall–Kier alpha value is -2.74. The first kappa shape index (κ1) is 38.5. The van der Waals surface area contributed by atoms with Gasteiger partial charge in [-0.15, -0.1) is 0 Å². The Kier molecular flexibility index (Phi) is 11.0. The molecule has 2 amide bonds. The summed E-state index contributed by atoms with van der Waals surface area (Å²) in [6, 6.07) is 10.2. The average molecular weight is 747 g/mol. The van der Waals surface area contributed by atoms with E-state index in [1.807, 2.05) is 36.9 Å². The summed E-state index contributed by atoms with van der Waals surface area (Å²) in [4.78, 5) is 30.5. The Labute approximate surface area is 321 Å². The van der Waals surface area contributed by atoms with E-state index >= 15 is 4.39 Å². The molecule has 6 nitrogen and oxygen atoms in total. The van der Waals surface area contributed by atoms with Crippen LogP contribution in [-0.2, 0) is 12.8 Å². The first-order valence-corrected chi connectivity index (χ1v) is 20.7. The van der Waals surface area contributed by atoms with Gasteiger partial charge in [0.05, 0.1) is 18.2 Å². The number of nitrogens with zero attached hydrogens (tertiary/aromatic N) is 1. The smallest absolute Gasteiger partial charge is 0.317 e. The van der Waals surface area contributed by atoms with Crippen LogP contribution in [0.25, 0.3) is 0 Å². The van der Waals surface area contributed by atoms with Crippen molar-refractivity contribution in [3.63, 3.8) is 0 Å². The second-order valence-corrected chi connectivity index (χ2v) is 19.0. The van der Waals surface area contributed by atoms with Crippen LogP contribution in [0.3, 0.4) is 0 Å². The number of aliphatic hydroxyl groups is 2. The van der Waals surface area contributed by atoms with Crippen molar-refractivity contribution in [1.82, 2.24) is 10.2 Å². The molecule has 0 radical (unpaired) electrons. The highest BCUT2D eigenvalue weighted by atomic mass is 35.5. The number of amides is 2. The van der Waals surface area contributed by atoms with Crippen LogP contribution in [0.2, 0.25) is 5.02 Å². The molecule has 4 atom stereocenters. The monoisotopic (exact) mass is 746 g/mol. The summed E-state index contributed by atoms with van der Waals surface area (Å²) < 4.78 is 15.0. The lowest BCUT2D eigenvalue weighted by atomic mass is 9.49. The number of carbonyl (C=O) groups excluding carboxylic acids is 2. The van der Waals surface area contributed by atoms with Crippen molar-refractivity contribution < 1.29 is 24.2 Å². The molecule has 6 bridgehead atoms. The van der Waals surface area contributed by atoms with E-state index in [-0.39, 0.29) is 52.7 Å². The minimum Gasteiger partial charge on any atom is -0.393 e. The summed E-state index contributed by atoms with van der Waals surface area (Å²) in [6.07, 6.45) is 13.3. The maximum atomic E-state index is 15.0. The third-order valence-electron chi connectivity index (χ3n) is 14.2.